The molecule has 1 aromatic carbocycles. The average Bonchev–Trinajstić information content (AvgIpc) is 3.02. The maximum atomic E-state index is 13.7. The van der Waals surface area contributed by atoms with E-state index in [0.29, 0.717) is 6.42 Å². The largest absolute Gasteiger partial charge is 0.481 e. The Morgan fingerprint density at radius 3 is 2.52 bits per heavy atom. The van der Waals surface area contributed by atoms with Gasteiger partial charge in [0.1, 0.15) is 5.82 Å². The Labute approximate surface area is 125 Å². The van der Waals surface area contributed by atoms with Gasteiger partial charge < -0.3 is 10.4 Å². The van der Waals surface area contributed by atoms with Gasteiger partial charge in [-0.15, -0.1) is 0 Å². The number of carboxylic acids is 1. The molecule has 2 aliphatic rings. The third-order valence-corrected chi connectivity index (χ3v) is 4.47. The predicted molar refractivity (Wildman–Crippen MR) is 75.4 cm³/mol. The number of hydrogen-bond acceptors (Lipinski definition) is 2. The van der Waals surface area contributed by atoms with Crippen molar-refractivity contribution in [3.63, 3.8) is 0 Å². The summed E-state index contributed by atoms with van der Waals surface area (Å²) < 4.78 is 13.7. The van der Waals surface area contributed by atoms with E-state index in [2.05, 4.69) is 5.32 Å². The number of aliphatic carboxylic acids is 1. The van der Waals surface area contributed by atoms with Crippen LogP contribution in [0, 0.1) is 29.5 Å². The van der Waals surface area contributed by atoms with Crippen LogP contribution in [-0.2, 0) is 9.59 Å². The van der Waals surface area contributed by atoms with Gasteiger partial charge in [-0.25, -0.2) is 4.39 Å². The SMILES string of the molecule is O=C(O)C1C2C=CC(C2)C1C(=O)Nc1ccc(Cl)cc1F. The van der Waals surface area contributed by atoms with Gasteiger partial charge in [0, 0.05) is 5.02 Å². The second-order valence-electron chi connectivity index (χ2n) is 5.45. The molecular formula is C15H13ClFNO3. The zero-order valence-corrected chi connectivity index (χ0v) is 11.7. The quantitative estimate of drug-likeness (QED) is 0.844. The summed E-state index contributed by atoms with van der Waals surface area (Å²) in [5.74, 6) is -3.68. The minimum Gasteiger partial charge on any atom is -0.481 e. The minimum absolute atomic E-state index is 0.0142. The molecule has 21 heavy (non-hydrogen) atoms. The maximum absolute atomic E-state index is 13.7. The predicted octanol–water partition coefficient (Wildman–Crippen LogP) is 2.94. The summed E-state index contributed by atoms with van der Waals surface area (Å²) in [4.78, 5) is 23.7. The van der Waals surface area contributed by atoms with E-state index in [1.54, 1.807) is 0 Å². The normalized spacial score (nSPS) is 29.6. The van der Waals surface area contributed by atoms with E-state index in [9.17, 15) is 19.1 Å². The zero-order valence-electron chi connectivity index (χ0n) is 10.9. The van der Waals surface area contributed by atoms with Crippen LogP contribution < -0.4 is 5.32 Å². The number of nitrogens with one attached hydrogen (secondary N) is 1. The highest BCUT2D eigenvalue weighted by Gasteiger charge is 2.51. The van der Waals surface area contributed by atoms with Gasteiger partial charge in [0.05, 0.1) is 17.5 Å². The monoisotopic (exact) mass is 309 g/mol. The molecule has 0 aliphatic heterocycles. The summed E-state index contributed by atoms with van der Waals surface area (Å²) in [7, 11) is 0. The summed E-state index contributed by atoms with van der Waals surface area (Å²) in [5.41, 5.74) is 0.0142. The molecule has 0 radical (unpaired) electrons. The van der Waals surface area contributed by atoms with Gasteiger partial charge in [-0.1, -0.05) is 23.8 Å². The number of carboxylic acid groups (broad SMARTS) is 1. The third kappa shape index (κ3) is 2.42. The molecule has 4 atom stereocenters. The highest BCUT2D eigenvalue weighted by atomic mass is 35.5. The molecule has 0 aromatic heterocycles. The molecule has 4 unspecified atom stereocenters. The Kier molecular flexibility index (Phi) is 3.45. The van der Waals surface area contributed by atoms with Crippen LogP contribution in [0.4, 0.5) is 10.1 Å². The van der Waals surface area contributed by atoms with Crippen LogP contribution in [0.25, 0.3) is 0 Å². The summed E-state index contributed by atoms with van der Waals surface area (Å²) in [6.07, 6.45) is 4.40. The van der Waals surface area contributed by atoms with Crippen LogP contribution in [0.15, 0.2) is 30.4 Å². The number of benzene rings is 1. The molecule has 0 spiro atoms. The van der Waals surface area contributed by atoms with E-state index in [0.717, 1.165) is 6.07 Å². The number of carbonyl (C=O) groups is 2. The zero-order chi connectivity index (χ0) is 15.1. The van der Waals surface area contributed by atoms with Gasteiger partial charge in [0.25, 0.3) is 0 Å². The van der Waals surface area contributed by atoms with Gasteiger partial charge in [-0.05, 0) is 36.5 Å². The molecule has 2 bridgehead atoms. The second kappa shape index (κ2) is 5.15. The lowest BCUT2D eigenvalue weighted by Gasteiger charge is -2.23. The van der Waals surface area contributed by atoms with Crippen LogP contribution in [0.5, 0.6) is 0 Å². The molecule has 2 aliphatic carbocycles. The Hall–Kier alpha value is -1.88. The van der Waals surface area contributed by atoms with E-state index in [-0.39, 0.29) is 22.5 Å². The molecule has 4 nitrogen and oxygen atoms in total. The molecule has 6 heteroatoms. The topological polar surface area (TPSA) is 66.4 Å². The van der Waals surface area contributed by atoms with Crippen LogP contribution in [0.2, 0.25) is 5.02 Å². The van der Waals surface area contributed by atoms with Crippen molar-refractivity contribution in [3.05, 3.63) is 41.2 Å². The van der Waals surface area contributed by atoms with Crippen molar-refractivity contribution in [1.29, 1.82) is 0 Å². The number of rotatable bonds is 3. The Bertz CT molecular complexity index is 646. The fourth-order valence-corrected chi connectivity index (χ4v) is 3.48. The van der Waals surface area contributed by atoms with Gasteiger partial charge in [0.15, 0.2) is 0 Å². The van der Waals surface area contributed by atoms with Crippen LogP contribution in [-0.4, -0.2) is 17.0 Å². The number of fused-ring (bicyclic) bond motifs is 2. The lowest BCUT2D eigenvalue weighted by Crippen LogP contribution is -2.36. The van der Waals surface area contributed by atoms with E-state index in [4.69, 9.17) is 11.6 Å². The lowest BCUT2D eigenvalue weighted by atomic mass is 9.82. The Balaban J connectivity index is 1.82. The van der Waals surface area contributed by atoms with Crippen molar-refractivity contribution in [2.45, 2.75) is 6.42 Å². The summed E-state index contributed by atoms with van der Waals surface area (Å²) >= 11 is 5.66. The molecule has 1 amide bonds. The number of allylic oxidation sites excluding steroid dienone is 2. The highest BCUT2D eigenvalue weighted by molar-refractivity contribution is 6.30. The van der Waals surface area contributed by atoms with Gasteiger partial charge in [0.2, 0.25) is 5.91 Å². The first-order chi connectivity index (χ1) is 9.97. The van der Waals surface area contributed by atoms with Crippen molar-refractivity contribution >= 4 is 29.2 Å². The van der Waals surface area contributed by atoms with Crippen LogP contribution >= 0.6 is 11.6 Å². The number of carbonyl (C=O) groups excluding carboxylic acids is 1. The van der Waals surface area contributed by atoms with Crippen molar-refractivity contribution < 1.29 is 19.1 Å². The molecule has 0 saturated heterocycles. The van der Waals surface area contributed by atoms with Crippen molar-refractivity contribution in [2.75, 3.05) is 5.32 Å². The first-order valence-corrected chi connectivity index (χ1v) is 7.02. The smallest absolute Gasteiger partial charge is 0.307 e. The molecule has 110 valence electrons. The summed E-state index contributed by atoms with van der Waals surface area (Å²) in [6.45, 7) is 0. The first kappa shape index (κ1) is 14.1. The van der Waals surface area contributed by atoms with Crippen molar-refractivity contribution in [1.82, 2.24) is 0 Å². The standard InChI is InChI=1S/C15H13ClFNO3/c16-9-3-4-11(10(17)6-9)18-14(19)12-7-1-2-8(5-7)13(12)15(20)21/h1-4,6-8,12-13H,5H2,(H,18,19)(H,20,21). The summed E-state index contributed by atoms with van der Waals surface area (Å²) in [5, 5.41) is 12.0. The minimum atomic E-state index is -0.983. The maximum Gasteiger partial charge on any atom is 0.307 e. The number of hydrogen-bond donors (Lipinski definition) is 2. The van der Waals surface area contributed by atoms with Gasteiger partial charge >= 0.3 is 5.97 Å². The number of amides is 1. The number of anilines is 1. The summed E-state index contributed by atoms with van der Waals surface area (Å²) in [6, 6.07) is 3.94. The highest BCUT2D eigenvalue weighted by Crippen LogP contribution is 2.48. The molecule has 0 heterocycles. The van der Waals surface area contributed by atoms with Gasteiger partial charge in [-0.3, -0.25) is 9.59 Å². The molecule has 1 fully saturated rings. The fraction of sp³-hybridized carbons (Fsp3) is 0.333. The molecular weight excluding hydrogens is 297 g/mol. The van der Waals surface area contributed by atoms with Crippen molar-refractivity contribution in [2.24, 2.45) is 23.7 Å². The van der Waals surface area contributed by atoms with E-state index >= 15 is 0 Å². The van der Waals surface area contributed by atoms with E-state index in [1.807, 2.05) is 12.2 Å². The molecule has 1 aromatic rings. The molecule has 2 N–H and O–H groups in total. The Morgan fingerprint density at radius 2 is 1.90 bits per heavy atom. The van der Waals surface area contributed by atoms with Crippen LogP contribution in [0.1, 0.15) is 6.42 Å². The number of halogens is 2. The third-order valence-electron chi connectivity index (χ3n) is 4.24. The fourth-order valence-electron chi connectivity index (χ4n) is 3.32. The second-order valence-corrected chi connectivity index (χ2v) is 5.89. The van der Waals surface area contributed by atoms with Crippen molar-refractivity contribution in [3.8, 4) is 0 Å². The average molecular weight is 310 g/mol. The lowest BCUT2D eigenvalue weighted by molar-refractivity contribution is -0.146. The molecule has 1 saturated carbocycles. The van der Waals surface area contributed by atoms with E-state index in [1.165, 1.54) is 12.1 Å². The van der Waals surface area contributed by atoms with E-state index < -0.39 is 29.5 Å². The Morgan fingerprint density at radius 1 is 1.24 bits per heavy atom. The van der Waals surface area contributed by atoms with Crippen LogP contribution in [0.3, 0.4) is 0 Å². The van der Waals surface area contributed by atoms with Gasteiger partial charge in [-0.2, -0.15) is 0 Å². The first-order valence-electron chi connectivity index (χ1n) is 6.64. The molecule has 3 rings (SSSR count).